The number of rotatable bonds is 3. The Morgan fingerprint density at radius 3 is 2.63 bits per heavy atom. The third kappa shape index (κ3) is 2.38. The number of methoxy groups -OCH3 is 2. The summed E-state index contributed by atoms with van der Waals surface area (Å²) in [6.45, 7) is 1.84. The molecule has 6 nitrogen and oxygen atoms in total. The smallest absolute Gasteiger partial charge is 0.318 e. The number of pyridine rings is 1. The van der Waals surface area contributed by atoms with Gasteiger partial charge in [-0.3, -0.25) is 14.6 Å². The van der Waals surface area contributed by atoms with Crippen molar-refractivity contribution < 1.29 is 19.1 Å². The zero-order valence-corrected chi connectivity index (χ0v) is 11.0. The largest absolute Gasteiger partial charge is 0.495 e. The van der Waals surface area contributed by atoms with Crippen LogP contribution in [0.4, 0.5) is 0 Å². The number of carbonyl (C=O) groups is 2. The minimum Gasteiger partial charge on any atom is -0.495 e. The Kier molecular flexibility index (Phi) is 3.69. The van der Waals surface area contributed by atoms with E-state index in [-0.39, 0.29) is 17.9 Å². The molecule has 1 aliphatic rings. The number of ether oxygens (including phenoxy) is 2. The monoisotopic (exact) mass is 264 g/mol. The summed E-state index contributed by atoms with van der Waals surface area (Å²) in [4.78, 5) is 27.8. The van der Waals surface area contributed by atoms with Crippen molar-refractivity contribution in [3.05, 3.63) is 24.0 Å². The molecule has 0 aromatic carbocycles. The predicted octanol–water partition coefficient (Wildman–Crippen LogP) is 0.481. The maximum absolute atomic E-state index is 11.8. The first-order chi connectivity index (χ1) is 9.08. The van der Waals surface area contributed by atoms with Gasteiger partial charge >= 0.3 is 5.97 Å². The molecule has 0 aliphatic carbocycles. The van der Waals surface area contributed by atoms with Crippen molar-refractivity contribution in [1.82, 2.24) is 10.3 Å². The highest BCUT2D eigenvalue weighted by Crippen LogP contribution is 2.33. The number of esters is 1. The zero-order valence-electron chi connectivity index (χ0n) is 11.0. The van der Waals surface area contributed by atoms with Crippen molar-refractivity contribution in [1.29, 1.82) is 0 Å². The van der Waals surface area contributed by atoms with Crippen molar-refractivity contribution in [2.24, 2.45) is 5.92 Å². The van der Waals surface area contributed by atoms with Gasteiger partial charge in [0.1, 0.15) is 11.7 Å². The quantitative estimate of drug-likeness (QED) is 0.634. The molecule has 19 heavy (non-hydrogen) atoms. The van der Waals surface area contributed by atoms with Crippen molar-refractivity contribution >= 4 is 11.9 Å². The molecule has 0 radical (unpaired) electrons. The maximum Gasteiger partial charge on any atom is 0.318 e. The van der Waals surface area contributed by atoms with Crippen LogP contribution < -0.4 is 10.1 Å². The van der Waals surface area contributed by atoms with Gasteiger partial charge in [-0.05, 0) is 19.1 Å². The van der Waals surface area contributed by atoms with Gasteiger partial charge in [-0.25, -0.2) is 0 Å². The molecular weight excluding hydrogens is 248 g/mol. The van der Waals surface area contributed by atoms with Gasteiger partial charge in [0.2, 0.25) is 5.91 Å². The normalized spacial score (nSPS) is 25.8. The van der Waals surface area contributed by atoms with Crippen LogP contribution in [0, 0.1) is 5.92 Å². The van der Waals surface area contributed by atoms with Crippen LogP contribution in [0.5, 0.6) is 5.75 Å². The Morgan fingerprint density at radius 2 is 2.11 bits per heavy atom. The first kappa shape index (κ1) is 13.3. The number of hydrogen-bond donors (Lipinski definition) is 1. The fraction of sp³-hybridized carbons (Fsp3) is 0.462. The second-order valence-electron chi connectivity index (χ2n) is 4.45. The summed E-state index contributed by atoms with van der Waals surface area (Å²) >= 11 is 0. The fourth-order valence-electron chi connectivity index (χ4n) is 2.37. The number of amides is 1. The maximum atomic E-state index is 11.8. The Bertz CT molecular complexity index is 478. The summed E-state index contributed by atoms with van der Waals surface area (Å²) in [5.74, 6) is -1.40. The molecule has 6 heteroatoms. The first-order valence-electron chi connectivity index (χ1n) is 5.96. The molecule has 3 atom stereocenters. The Balaban J connectivity index is 2.33. The second kappa shape index (κ2) is 5.26. The van der Waals surface area contributed by atoms with E-state index >= 15 is 0 Å². The lowest BCUT2D eigenvalue weighted by Gasteiger charge is -2.18. The van der Waals surface area contributed by atoms with E-state index in [2.05, 4.69) is 10.3 Å². The standard InChI is InChI=1S/C13H16N2O4/c1-7-10(9-5-4-8(18-2)6-14-9)11(12(16)15-7)13(17)19-3/h4-7,10-11H,1-3H3,(H,15,16)/t7-,10-,11-/m0/s1. The summed E-state index contributed by atoms with van der Waals surface area (Å²) in [6, 6.07) is 3.35. The van der Waals surface area contributed by atoms with E-state index in [1.54, 1.807) is 25.4 Å². The van der Waals surface area contributed by atoms with Gasteiger partial charge in [0.15, 0.2) is 0 Å². The van der Waals surface area contributed by atoms with Crippen molar-refractivity contribution in [3.63, 3.8) is 0 Å². The number of hydrogen-bond acceptors (Lipinski definition) is 5. The highest BCUT2D eigenvalue weighted by Gasteiger charge is 2.46. The lowest BCUT2D eigenvalue weighted by Crippen LogP contribution is -2.28. The Hall–Kier alpha value is -2.11. The highest BCUT2D eigenvalue weighted by atomic mass is 16.5. The molecule has 1 fully saturated rings. The summed E-state index contributed by atoms with van der Waals surface area (Å²) in [5.41, 5.74) is 0.669. The van der Waals surface area contributed by atoms with Crippen LogP contribution in [0.2, 0.25) is 0 Å². The molecule has 0 bridgehead atoms. The van der Waals surface area contributed by atoms with E-state index in [4.69, 9.17) is 9.47 Å². The van der Waals surface area contributed by atoms with Crippen LogP contribution in [-0.2, 0) is 14.3 Å². The van der Waals surface area contributed by atoms with Crippen LogP contribution in [-0.4, -0.2) is 37.1 Å². The van der Waals surface area contributed by atoms with E-state index in [0.717, 1.165) is 0 Å². The highest BCUT2D eigenvalue weighted by molar-refractivity contribution is 6.00. The van der Waals surface area contributed by atoms with E-state index in [0.29, 0.717) is 11.4 Å². The first-order valence-corrected chi connectivity index (χ1v) is 5.96. The number of aromatic nitrogens is 1. The lowest BCUT2D eigenvalue weighted by atomic mass is 9.87. The van der Waals surface area contributed by atoms with Gasteiger partial charge in [-0.15, -0.1) is 0 Å². The number of carbonyl (C=O) groups excluding carboxylic acids is 2. The third-order valence-corrected chi connectivity index (χ3v) is 3.34. The van der Waals surface area contributed by atoms with Crippen LogP contribution in [0.15, 0.2) is 18.3 Å². The molecule has 0 spiro atoms. The molecule has 1 aromatic heterocycles. The van der Waals surface area contributed by atoms with E-state index in [1.165, 1.54) is 7.11 Å². The molecule has 2 rings (SSSR count). The molecule has 1 aliphatic heterocycles. The fourth-order valence-corrected chi connectivity index (χ4v) is 2.37. The van der Waals surface area contributed by atoms with Crippen LogP contribution in [0.1, 0.15) is 18.5 Å². The summed E-state index contributed by atoms with van der Waals surface area (Å²) in [7, 11) is 2.83. The van der Waals surface area contributed by atoms with E-state index < -0.39 is 11.9 Å². The van der Waals surface area contributed by atoms with Gasteiger partial charge in [-0.1, -0.05) is 0 Å². The average Bonchev–Trinajstić information content (AvgIpc) is 2.72. The molecule has 1 saturated heterocycles. The topological polar surface area (TPSA) is 77.5 Å². The molecule has 1 N–H and O–H groups in total. The predicted molar refractivity (Wildman–Crippen MR) is 66.6 cm³/mol. The molecule has 0 unspecified atom stereocenters. The van der Waals surface area contributed by atoms with Crippen LogP contribution in [0.3, 0.4) is 0 Å². The van der Waals surface area contributed by atoms with Gasteiger partial charge < -0.3 is 14.8 Å². The molecule has 0 saturated carbocycles. The minimum atomic E-state index is -0.846. The van der Waals surface area contributed by atoms with Crippen LogP contribution in [0.25, 0.3) is 0 Å². The summed E-state index contributed by atoms with van der Waals surface area (Å²) < 4.78 is 9.74. The average molecular weight is 264 g/mol. The SMILES string of the molecule is COC(=O)[C@@H]1C(=O)N[C@@H](C)[C@H]1c1ccc(OC)cn1. The summed E-state index contributed by atoms with van der Waals surface area (Å²) in [6.07, 6.45) is 1.57. The second-order valence-corrected chi connectivity index (χ2v) is 4.45. The van der Waals surface area contributed by atoms with Crippen molar-refractivity contribution in [2.45, 2.75) is 18.9 Å². The van der Waals surface area contributed by atoms with E-state index in [1.807, 2.05) is 6.92 Å². The lowest BCUT2D eigenvalue weighted by molar-refractivity contribution is -0.149. The molecule has 102 valence electrons. The molecule has 1 amide bonds. The summed E-state index contributed by atoms with van der Waals surface area (Å²) in [5, 5.41) is 2.75. The zero-order chi connectivity index (χ0) is 14.0. The molecule has 2 heterocycles. The van der Waals surface area contributed by atoms with Crippen molar-refractivity contribution in [2.75, 3.05) is 14.2 Å². The number of nitrogens with zero attached hydrogens (tertiary/aromatic N) is 1. The minimum absolute atomic E-state index is 0.169. The van der Waals surface area contributed by atoms with Gasteiger partial charge in [0.05, 0.1) is 20.4 Å². The Labute approximate surface area is 111 Å². The molecular formula is C13H16N2O4. The van der Waals surface area contributed by atoms with E-state index in [9.17, 15) is 9.59 Å². The van der Waals surface area contributed by atoms with Crippen molar-refractivity contribution in [3.8, 4) is 5.75 Å². The number of nitrogens with one attached hydrogen (secondary N) is 1. The Morgan fingerprint density at radius 1 is 1.37 bits per heavy atom. The molecule has 1 aromatic rings. The van der Waals surface area contributed by atoms with Gasteiger partial charge in [0.25, 0.3) is 0 Å². The third-order valence-electron chi connectivity index (χ3n) is 3.34. The van der Waals surface area contributed by atoms with Gasteiger partial charge in [0, 0.05) is 17.7 Å². The van der Waals surface area contributed by atoms with Gasteiger partial charge in [-0.2, -0.15) is 0 Å². The van der Waals surface area contributed by atoms with Crippen LogP contribution >= 0.6 is 0 Å².